The molecular weight excluding hydrogens is 380 g/mol. The molecule has 0 saturated carbocycles. The lowest BCUT2D eigenvalue weighted by Crippen LogP contribution is -2.16. The molecule has 0 saturated heterocycles. The summed E-state index contributed by atoms with van der Waals surface area (Å²) < 4.78 is 15.1. The van der Waals surface area contributed by atoms with E-state index >= 15 is 0 Å². The summed E-state index contributed by atoms with van der Waals surface area (Å²) in [5.74, 6) is 1.63. The standard InChI is InChI=1S/C18H16N6O3S/c1-3-23-5-4-11(22-23)17(25)20-16-6-10(2)21-24(16)18-19-12-7-13-14(27-9-26-13)8-15(12)28-18/h4-8H,3,9H2,1-2H3,(H,20,25). The molecule has 9 nitrogen and oxygen atoms in total. The number of aromatic nitrogens is 5. The molecule has 0 bridgehead atoms. The van der Waals surface area contributed by atoms with Gasteiger partial charge in [-0.3, -0.25) is 9.48 Å². The van der Waals surface area contributed by atoms with E-state index < -0.39 is 0 Å². The lowest BCUT2D eigenvalue weighted by Gasteiger charge is -2.04. The van der Waals surface area contributed by atoms with E-state index in [2.05, 4.69) is 20.5 Å². The number of carbonyl (C=O) groups is 1. The molecular formula is C18H16N6O3S. The first-order chi connectivity index (χ1) is 13.6. The van der Waals surface area contributed by atoms with Crippen LogP contribution in [0.1, 0.15) is 23.1 Å². The van der Waals surface area contributed by atoms with Crippen molar-refractivity contribution in [1.82, 2.24) is 24.5 Å². The molecule has 1 N–H and O–H groups in total. The minimum atomic E-state index is -0.296. The number of carbonyl (C=O) groups excluding carboxylic acids is 1. The molecule has 0 spiro atoms. The first-order valence-corrected chi connectivity index (χ1v) is 9.54. The maximum Gasteiger partial charge on any atom is 0.277 e. The van der Waals surface area contributed by atoms with Crippen LogP contribution in [0.4, 0.5) is 5.82 Å². The minimum Gasteiger partial charge on any atom is -0.454 e. The van der Waals surface area contributed by atoms with Gasteiger partial charge in [0, 0.05) is 30.9 Å². The Bertz CT molecular complexity index is 1170. The fraction of sp³-hybridized carbons (Fsp3) is 0.222. The predicted octanol–water partition coefficient (Wildman–Crippen LogP) is 2.99. The van der Waals surface area contributed by atoms with Crippen LogP contribution in [-0.2, 0) is 6.54 Å². The second-order valence-electron chi connectivity index (χ2n) is 6.26. The average Bonchev–Trinajstić information content (AvgIpc) is 3.44. The van der Waals surface area contributed by atoms with E-state index in [9.17, 15) is 4.79 Å². The summed E-state index contributed by atoms with van der Waals surface area (Å²) in [6, 6.07) is 7.24. The van der Waals surface area contributed by atoms with Crippen LogP contribution < -0.4 is 14.8 Å². The Hall–Kier alpha value is -3.40. The van der Waals surface area contributed by atoms with Gasteiger partial charge in [0.25, 0.3) is 5.91 Å². The van der Waals surface area contributed by atoms with E-state index in [-0.39, 0.29) is 12.7 Å². The maximum absolute atomic E-state index is 12.6. The first-order valence-electron chi connectivity index (χ1n) is 8.73. The normalized spacial score (nSPS) is 12.6. The van der Waals surface area contributed by atoms with Gasteiger partial charge in [-0.1, -0.05) is 11.3 Å². The maximum atomic E-state index is 12.6. The molecule has 0 aliphatic carbocycles. The van der Waals surface area contributed by atoms with Crippen molar-refractivity contribution in [3.63, 3.8) is 0 Å². The fourth-order valence-corrected chi connectivity index (χ4v) is 3.91. The summed E-state index contributed by atoms with van der Waals surface area (Å²) in [5, 5.41) is 12.2. The van der Waals surface area contributed by atoms with Gasteiger partial charge in [0.1, 0.15) is 5.82 Å². The van der Waals surface area contributed by atoms with Crippen molar-refractivity contribution in [3.8, 4) is 16.6 Å². The molecule has 142 valence electrons. The van der Waals surface area contributed by atoms with Gasteiger partial charge in [0.05, 0.1) is 15.9 Å². The average molecular weight is 396 g/mol. The van der Waals surface area contributed by atoms with Crippen molar-refractivity contribution < 1.29 is 14.3 Å². The zero-order valence-electron chi connectivity index (χ0n) is 15.2. The van der Waals surface area contributed by atoms with Gasteiger partial charge in [-0.15, -0.1) is 0 Å². The van der Waals surface area contributed by atoms with E-state index in [1.54, 1.807) is 27.7 Å². The lowest BCUT2D eigenvalue weighted by atomic mass is 10.3. The summed E-state index contributed by atoms with van der Waals surface area (Å²) in [7, 11) is 0. The van der Waals surface area contributed by atoms with Crippen LogP contribution in [0.2, 0.25) is 0 Å². The molecule has 1 aliphatic heterocycles. The largest absolute Gasteiger partial charge is 0.454 e. The predicted molar refractivity (Wildman–Crippen MR) is 103 cm³/mol. The van der Waals surface area contributed by atoms with Crippen molar-refractivity contribution in [2.24, 2.45) is 0 Å². The van der Waals surface area contributed by atoms with Gasteiger partial charge in [-0.2, -0.15) is 14.9 Å². The van der Waals surface area contributed by atoms with Crippen molar-refractivity contribution >= 4 is 33.3 Å². The molecule has 0 radical (unpaired) electrons. The number of hydrogen-bond donors (Lipinski definition) is 1. The van der Waals surface area contributed by atoms with Crippen LogP contribution in [0.5, 0.6) is 11.5 Å². The second-order valence-corrected chi connectivity index (χ2v) is 7.27. The van der Waals surface area contributed by atoms with E-state index in [0.29, 0.717) is 34.7 Å². The van der Waals surface area contributed by atoms with Crippen LogP contribution in [0.3, 0.4) is 0 Å². The number of ether oxygens (including phenoxy) is 2. The molecule has 1 amide bonds. The summed E-state index contributed by atoms with van der Waals surface area (Å²) in [6.45, 7) is 4.75. The Balaban J connectivity index is 1.49. The van der Waals surface area contributed by atoms with Gasteiger partial charge in [0.15, 0.2) is 17.2 Å². The van der Waals surface area contributed by atoms with Gasteiger partial charge >= 0.3 is 0 Å². The molecule has 1 aromatic carbocycles. The number of anilines is 1. The quantitative estimate of drug-likeness (QED) is 0.570. The highest BCUT2D eigenvalue weighted by molar-refractivity contribution is 7.20. The smallest absolute Gasteiger partial charge is 0.277 e. The SMILES string of the molecule is CCn1ccc(C(=O)Nc2cc(C)nn2-c2nc3cc4c(cc3s2)OCO4)n1. The van der Waals surface area contributed by atoms with Crippen molar-refractivity contribution in [3.05, 3.63) is 41.9 Å². The van der Waals surface area contributed by atoms with Crippen LogP contribution in [-0.4, -0.2) is 37.2 Å². The Morgan fingerprint density at radius 3 is 2.86 bits per heavy atom. The third kappa shape index (κ3) is 2.78. The molecule has 4 heterocycles. The van der Waals surface area contributed by atoms with Crippen LogP contribution >= 0.6 is 11.3 Å². The highest BCUT2D eigenvalue weighted by atomic mass is 32.1. The van der Waals surface area contributed by atoms with E-state index in [1.165, 1.54) is 11.3 Å². The molecule has 0 atom stereocenters. The lowest BCUT2D eigenvalue weighted by molar-refractivity contribution is 0.102. The molecule has 0 fully saturated rings. The summed E-state index contributed by atoms with van der Waals surface area (Å²) in [6.07, 6.45) is 1.77. The molecule has 3 aromatic heterocycles. The third-order valence-electron chi connectivity index (χ3n) is 4.32. The van der Waals surface area contributed by atoms with Crippen LogP contribution in [0, 0.1) is 6.92 Å². The third-order valence-corrected chi connectivity index (χ3v) is 5.32. The van der Waals surface area contributed by atoms with Crippen molar-refractivity contribution in [1.29, 1.82) is 0 Å². The number of aryl methyl sites for hydroxylation is 2. The van der Waals surface area contributed by atoms with Crippen LogP contribution in [0.25, 0.3) is 15.3 Å². The summed E-state index contributed by atoms with van der Waals surface area (Å²) in [4.78, 5) is 17.2. The van der Waals surface area contributed by atoms with Crippen LogP contribution in [0.15, 0.2) is 30.5 Å². The Kier molecular flexibility index (Phi) is 3.79. The van der Waals surface area contributed by atoms with Crippen molar-refractivity contribution in [2.45, 2.75) is 20.4 Å². The number of thiazole rings is 1. The zero-order valence-corrected chi connectivity index (χ0v) is 16.0. The van der Waals surface area contributed by atoms with E-state index in [1.807, 2.05) is 26.0 Å². The number of hydrogen-bond acceptors (Lipinski definition) is 7. The molecule has 5 rings (SSSR count). The van der Waals surface area contributed by atoms with Gasteiger partial charge in [-0.25, -0.2) is 4.98 Å². The minimum absolute atomic E-state index is 0.224. The first kappa shape index (κ1) is 16.8. The number of benzene rings is 1. The topological polar surface area (TPSA) is 96.1 Å². The Labute approximate surface area is 163 Å². The monoisotopic (exact) mass is 396 g/mol. The number of amides is 1. The number of nitrogens with one attached hydrogen (secondary N) is 1. The Morgan fingerprint density at radius 2 is 2.07 bits per heavy atom. The summed E-state index contributed by atoms with van der Waals surface area (Å²) in [5.41, 5.74) is 1.90. The Morgan fingerprint density at radius 1 is 1.25 bits per heavy atom. The molecule has 28 heavy (non-hydrogen) atoms. The van der Waals surface area contributed by atoms with E-state index in [4.69, 9.17) is 9.47 Å². The molecule has 1 aliphatic rings. The highest BCUT2D eigenvalue weighted by Gasteiger charge is 2.20. The van der Waals surface area contributed by atoms with Gasteiger partial charge in [-0.05, 0) is 19.9 Å². The fourth-order valence-electron chi connectivity index (χ4n) is 2.97. The molecule has 0 unspecified atom stereocenters. The van der Waals surface area contributed by atoms with E-state index in [0.717, 1.165) is 15.9 Å². The van der Waals surface area contributed by atoms with Gasteiger partial charge < -0.3 is 14.8 Å². The second kappa shape index (κ2) is 6.34. The van der Waals surface area contributed by atoms with Gasteiger partial charge in [0.2, 0.25) is 11.9 Å². The summed E-state index contributed by atoms with van der Waals surface area (Å²) >= 11 is 1.46. The highest BCUT2D eigenvalue weighted by Crippen LogP contribution is 2.38. The number of rotatable bonds is 4. The molecule has 4 aromatic rings. The van der Waals surface area contributed by atoms with Crippen molar-refractivity contribution in [2.75, 3.05) is 12.1 Å². The number of nitrogens with zero attached hydrogens (tertiary/aromatic N) is 5. The zero-order chi connectivity index (χ0) is 19.3. The number of fused-ring (bicyclic) bond motifs is 2. The molecule has 10 heteroatoms.